The summed E-state index contributed by atoms with van der Waals surface area (Å²) in [6.07, 6.45) is 6.55. The molecule has 1 amide bonds. The summed E-state index contributed by atoms with van der Waals surface area (Å²) in [6, 6.07) is -0.185. The van der Waals surface area contributed by atoms with Crippen molar-refractivity contribution in [3.63, 3.8) is 0 Å². The Labute approximate surface area is 132 Å². The summed E-state index contributed by atoms with van der Waals surface area (Å²) in [6.45, 7) is 0.889. The molecule has 6 nitrogen and oxygen atoms in total. The average molecular weight is 332 g/mol. The number of hydrogen-bond acceptors (Lipinski definition) is 4. The molecule has 0 radical (unpaired) electrons. The molecule has 1 heterocycles. The van der Waals surface area contributed by atoms with Crippen LogP contribution in [0.3, 0.4) is 0 Å². The third-order valence-electron chi connectivity index (χ3n) is 4.65. The molecule has 0 aromatic rings. The van der Waals surface area contributed by atoms with Gasteiger partial charge >= 0.3 is 0 Å². The highest BCUT2D eigenvalue weighted by Gasteiger charge is 2.29. The fourth-order valence-corrected chi connectivity index (χ4v) is 5.60. The van der Waals surface area contributed by atoms with Gasteiger partial charge in [-0.1, -0.05) is 19.3 Å². The molecule has 0 aromatic heterocycles. The van der Waals surface area contributed by atoms with E-state index >= 15 is 0 Å². The molecule has 3 atom stereocenters. The molecule has 1 saturated carbocycles. The Hall–Kier alpha value is -0.420. The van der Waals surface area contributed by atoms with Gasteiger partial charge in [-0.2, -0.15) is 0 Å². The van der Waals surface area contributed by atoms with E-state index < -0.39 is 13.5 Å². The van der Waals surface area contributed by atoms with Gasteiger partial charge in [0.1, 0.15) is 0 Å². The Balaban J connectivity index is 1.69. The second-order valence-electron chi connectivity index (χ2n) is 6.76. The Morgan fingerprint density at radius 1 is 1.23 bits per heavy atom. The maximum Gasteiger partial charge on any atom is 0.237 e. The summed E-state index contributed by atoms with van der Waals surface area (Å²) in [5.74, 6) is 0.186. The minimum atomic E-state index is -3.32. The highest BCUT2D eigenvalue weighted by molar-refractivity contribution is 7.58. The fourth-order valence-electron chi connectivity index (χ4n) is 3.49. The van der Waals surface area contributed by atoms with Crippen molar-refractivity contribution < 1.29 is 19.4 Å². The Bertz CT molecular complexity index is 406. The summed E-state index contributed by atoms with van der Waals surface area (Å²) < 4.78 is 12.3. The summed E-state index contributed by atoms with van der Waals surface area (Å²) >= 11 is 0. The van der Waals surface area contributed by atoms with Crippen molar-refractivity contribution in [2.24, 2.45) is 5.92 Å². The standard InChI is InChI=1S/C15H29N2O4P/c18-13(9-17-15(19)14-7-4-8-16-14)11-22(20,21)10-12-5-2-1-3-6-12/h12-14,16,18H,1-11H2,(H,17,19)(H,20,21)/t13-,14+/m1/s1. The minimum absolute atomic E-state index is 0.0478. The first kappa shape index (κ1) is 17.9. The lowest BCUT2D eigenvalue weighted by Crippen LogP contribution is -2.43. The van der Waals surface area contributed by atoms with Gasteiger partial charge in [0.05, 0.1) is 18.3 Å². The lowest BCUT2D eigenvalue weighted by atomic mass is 9.91. The van der Waals surface area contributed by atoms with Crippen LogP contribution in [-0.4, -0.2) is 53.5 Å². The van der Waals surface area contributed by atoms with Crippen LogP contribution in [0.5, 0.6) is 0 Å². The molecule has 128 valence electrons. The minimum Gasteiger partial charge on any atom is -0.391 e. The lowest BCUT2D eigenvalue weighted by molar-refractivity contribution is -0.123. The van der Waals surface area contributed by atoms with Crippen LogP contribution in [0, 0.1) is 5.92 Å². The Morgan fingerprint density at radius 3 is 2.59 bits per heavy atom. The number of nitrogens with one attached hydrogen (secondary N) is 2. The van der Waals surface area contributed by atoms with Gasteiger partial charge in [0.25, 0.3) is 0 Å². The van der Waals surface area contributed by atoms with Gasteiger partial charge < -0.3 is 20.6 Å². The first-order chi connectivity index (χ1) is 10.5. The van der Waals surface area contributed by atoms with Crippen molar-refractivity contribution in [2.45, 2.75) is 57.1 Å². The summed E-state index contributed by atoms with van der Waals surface area (Å²) in [5.41, 5.74) is 0. The van der Waals surface area contributed by atoms with Crippen LogP contribution in [0.2, 0.25) is 0 Å². The molecule has 1 aliphatic carbocycles. The second kappa shape index (κ2) is 8.44. The number of amides is 1. The zero-order valence-electron chi connectivity index (χ0n) is 13.2. The van der Waals surface area contributed by atoms with E-state index in [1.165, 1.54) is 6.42 Å². The first-order valence-electron chi connectivity index (χ1n) is 8.46. The molecular weight excluding hydrogens is 303 g/mol. The van der Waals surface area contributed by atoms with E-state index in [0.717, 1.165) is 45.1 Å². The van der Waals surface area contributed by atoms with Crippen molar-refractivity contribution in [2.75, 3.05) is 25.4 Å². The molecular formula is C15H29N2O4P. The Morgan fingerprint density at radius 2 is 1.95 bits per heavy atom. The third-order valence-corrected chi connectivity index (χ3v) is 6.73. The zero-order chi connectivity index (χ0) is 16.0. The number of hydrogen-bond donors (Lipinski definition) is 4. The van der Waals surface area contributed by atoms with Crippen LogP contribution in [0.1, 0.15) is 44.9 Å². The van der Waals surface area contributed by atoms with Crippen LogP contribution in [0.25, 0.3) is 0 Å². The van der Waals surface area contributed by atoms with Crippen molar-refractivity contribution in [1.29, 1.82) is 0 Å². The highest BCUT2D eigenvalue weighted by Crippen LogP contribution is 2.45. The molecule has 2 aliphatic rings. The van der Waals surface area contributed by atoms with E-state index in [2.05, 4.69) is 10.6 Å². The molecule has 1 saturated heterocycles. The average Bonchev–Trinajstić information content (AvgIpc) is 2.99. The molecule has 22 heavy (non-hydrogen) atoms. The van der Waals surface area contributed by atoms with Crippen LogP contribution in [0.15, 0.2) is 0 Å². The number of aliphatic hydroxyl groups excluding tert-OH is 1. The fraction of sp³-hybridized carbons (Fsp3) is 0.933. The molecule has 4 N–H and O–H groups in total. The van der Waals surface area contributed by atoms with Crippen LogP contribution in [0.4, 0.5) is 0 Å². The van der Waals surface area contributed by atoms with E-state index in [4.69, 9.17) is 0 Å². The first-order valence-corrected chi connectivity index (χ1v) is 10.5. The number of aliphatic hydroxyl groups is 1. The zero-order valence-corrected chi connectivity index (χ0v) is 14.1. The summed E-state index contributed by atoms with van der Waals surface area (Å²) in [4.78, 5) is 21.9. The van der Waals surface area contributed by atoms with E-state index in [0.29, 0.717) is 12.1 Å². The molecule has 0 bridgehead atoms. The van der Waals surface area contributed by atoms with Crippen molar-refractivity contribution >= 4 is 13.3 Å². The summed E-state index contributed by atoms with van der Waals surface area (Å²) in [5, 5.41) is 15.7. The van der Waals surface area contributed by atoms with E-state index in [-0.39, 0.29) is 24.7 Å². The monoisotopic (exact) mass is 332 g/mol. The van der Waals surface area contributed by atoms with Gasteiger partial charge in [0, 0.05) is 12.7 Å². The number of carbonyl (C=O) groups is 1. The molecule has 1 unspecified atom stereocenters. The molecule has 2 fully saturated rings. The maximum absolute atomic E-state index is 12.3. The molecule has 0 aromatic carbocycles. The van der Waals surface area contributed by atoms with E-state index in [9.17, 15) is 19.4 Å². The predicted octanol–water partition coefficient (Wildman–Crippen LogP) is 1.07. The quantitative estimate of drug-likeness (QED) is 0.523. The van der Waals surface area contributed by atoms with Gasteiger partial charge in [-0.25, -0.2) is 0 Å². The molecule has 2 rings (SSSR count). The van der Waals surface area contributed by atoms with E-state index in [1.54, 1.807) is 0 Å². The number of rotatable bonds is 7. The Kier molecular flexibility index (Phi) is 6.87. The molecule has 1 aliphatic heterocycles. The number of carbonyl (C=O) groups excluding carboxylic acids is 1. The topological polar surface area (TPSA) is 98.7 Å². The molecule has 0 spiro atoms. The van der Waals surface area contributed by atoms with Gasteiger partial charge in [0.2, 0.25) is 13.3 Å². The smallest absolute Gasteiger partial charge is 0.237 e. The van der Waals surface area contributed by atoms with Gasteiger partial charge in [0.15, 0.2) is 0 Å². The van der Waals surface area contributed by atoms with Crippen molar-refractivity contribution in [1.82, 2.24) is 10.6 Å². The normalized spacial score (nSPS) is 27.3. The van der Waals surface area contributed by atoms with Crippen LogP contribution in [-0.2, 0) is 9.36 Å². The van der Waals surface area contributed by atoms with E-state index in [1.807, 2.05) is 0 Å². The van der Waals surface area contributed by atoms with Crippen molar-refractivity contribution in [3.8, 4) is 0 Å². The van der Waals surface area contributed by atoms with Crippen LogP contribution >= 0.6 is 7.37 Å². The van der Waals surface area contributed by atoms with Gasteiger partial charge in [-0.15, -0.1) is 0 Å². The third kappa shape index (κ3) is 5.99. The summed E-state index contributed by atoms with van der Waals surface area (Å²) in [7, 11) is -3.32. The van der Waals surface area contributed by atoms with Gasteiger partial charge in [-0.3, -0.25) is 9.36 Å². The highest BCUT2D eigenvalue weighted by atomic mass is 31.2. The SMILES string of the molecule is O=C(NC[C@@H](O)CP(=O)(O)CC1CCCCC1)[C@@H]1CCCN1. The van der Waals surface area contributed by atoms with Crippen molar-refractivity contribution in [3.05, 3.63) is 0 Å². The predicted molar refractivity (Wildman–Crippen MR) is 86.2 cm³/mol. The second-order valence-corrected chi connectivity index (χ2v) is 9.19. The largest absolute Gasteiger partial charge is 0.391 e. The maximum atomic E-state index is 12.3. The lowest BCUT2D eigenvalue weighted by Gasteiger charge is -2.25. The van der Waals surface area contributed by atoms with Crippen LogP contribution < -0.4 is 10.6 Å². The molecule has 7 heteroatoms. The van der Waals surface area contributed by atoms with Gasteiger partial charge in [-0.05, 0) is 38.1 Å².